The minimum Gasteiger partial charge on any atom is -0.481 e. The van der Waals surface area contributed by atoms with Crippen molar-refractivity contribution in [2.24, 2.45) is 0 Å². The highest BCUT2D eigenvalue weighted by atomic mass is 32.2. The molecule has 43 heavy (non-hydrogen) atoms. The molecule has 0 saturated carbocycles. The summed E-state index contributed by atoms with van der Waals surface area (Å²) >= 11 is 0. The van der Waals surface area contributed by atoms with Crippen molar-refractivity contribution in [2.45, 2.75) is 24.0 Å². The van der Waals surface area contributed by atoms with Gasteiger partial charge in [-0.25, -0.2) is 8.42 Å². The Bertz CT molecular complexity index is 1600. The quantitative estimate of drug-likeness (QED) is 0.199. The molecule has 222 valence electrons. The highest BCUT2D eigenvalue weighted by molar-refractivity contribution is 7.89. The Labute approximate surface area is 250 Å². The lowest BCUT2D eigenvalue weighted by atomic mass is 9.96. The third-order valence-corrected chi connectivity index (χ3v) is 9.27. The molecule has 1 amide bonds. The van der Waals surface area contributed by atoms with Crippen LogP contribution in [0.3, 0.4) is 0 Å². The molecule has 0 radical (unpaired) electrons. The number of carbonyl (C=O) groups is 1. The largest absolute Gasteiger partial charge is 0.481 e. The molecule has 4 aromatic carbocycles. The Morgan fingerprint density at radius 1 is 0.814 bits per heavy atom. The summed E-state index contributed by atoms with van der Waals surface area (Å²) in [6, 6.07) is 32.0. The Balaban J connectivity index is 1.19. The van der Waals surface area contributed by atoms with E-state index in [1.807, 2.05) is 36.4 Å². The second-order valence-electron chi connectivity index (χ2n) is 10.2. The zero-order valence-electron chi connectivity index (χ0n) is 23.6. The van der Waals surface area contributed by atoms with E-state index in [-0.39, 0.29) is 16.6 Å². The van der Waals surface area contributed by atoms with Crippen LogP contribution in [-0.2, 0) is 14.8 Å². The Morgan fingerprint density at radius 2 is 1.35 bits per heavy atom. The van der Waals surface area contributed by atoms with Crippen molar-refractivity contribution in [3.63, 3.8) is 0 Å². The van der Waals surface area contributed by atoms with Crippen molar-refractivity contribution in [1.82, 2.24) is 9.21 Å². The smallest absolute Gasteiger partial charge is 0.269 e. The van der Waals surface area contributed by atoms with Crippen LogP contribution in [0.15, 0.2) is 114 Å². The third-order valence-electron chi connectivity index (χ3n) is 7.36. The number of non-ortho nitro benzene ring substituents is 1. The first kappa shape index (κ1) is 29.9. The van der Waals surface area contributed by atoms with Crippen LogP contribution >= 0.6 is 0 Å². The third kappa shape index (κ3) is 7.08. The van der Waals surface area contributed by atoms with Gasteiger partial charge in [-0.1, -0.05) is 60.7 Å². The zero-order chi connectivity index (χ0) is 30.4. The number of hydrogen-bond donors (Lipinski definition) is 1. The number of sulfonamides is 1. The fourth-order valence-electron chi connectivity index (χ4n) is 5.09. The zero-order valence-corrected chi connectivity index (χ0v) is 24.4. The number of nitro groups is 1. The second kappa shape index (κ2) is 13.2. The molecule has 11 heteroatoms. The number of nitrogens with zero attached hydrogens (tertiary/aromatic N) is 3. The van der Waals surface area contributed by atoms with Crippen molar-refractivity contribution < 1.29 is 22.9 Å². The number of amides is 1. The molecule has 0 spiro atoms. The van der Waals surface area contributed by atoms with Crippen molar-refractivity contribution in [2.75, 3.05) is 31.5 Å². The van der Waals surface area contributed by atoms with E-state index >= 15 is 0 Å². The molecule has 0 bridgehead atoms. The summed E-state index contributed by atoms with van der Waals surface area (Å²) in [4.78, 5) is 25.4. The first-order valence-electron chi connectivity index (χ1n) is 13.9. The van der Waals surface area contributed by atoms with Crippen LogP contribution in [0, 0.1) is 10.1 Å². The van der Waals surface area contributed by atoms with Crippen LogP contribution in [0.25, 0.3) is 0 Å². The number of nitro benzene ring substituents is 1. The van der Waals surface area contributed by atoms with Crippen molar-refractivity contribution in [3.05, 3.63) is 130 Å². The maximum Gasteiger partial charge on any atom is 0.269 e. The van der Waals surface area contributed by atoms with E-state index in [2.05, 4.69) is 34.5 Å². The summed E-state index contributed by atoms with van der Waals surface area (Å²) in [6.07, 6.45) is -0.892. The van der Waals surface area contributed by atoms with Crippen molar-refractivity contribution in [1.29, 1.82) is 0 Å². The van der Waals surface area contributed by atoms with E-state index in [9.17, 15) is 23.3 Å². The molecule has 1 saturated heterocycles. The van der Waals surface area contributed by atoms with Crippen molar-refractivity contribution >= 4 is 27.3 Å². The van der Waals surface area contributed by atoms with Gasteiger partial charge in [0.25, 0.3) is 11.6 Å². The average molecular weight is 601 g/mol. The van der Waals surface area contributed by atoms with Gasteiger partial charge in [-0.05, 0) is 54.4 Å². The molecular weight excluding hydrogens is 568 g/mol. The van der Waals surface area contributed by atoms with Gasteiger partial charge in [0.15, 0.2) is 6.10 Å². The minimum absolute atomic E-state index is 0.0296. The van der Waals surface area contributed by atoms with Gasteiger partial charge < -0.3 is 10.1 Å². The molecule has 5 rings (SSSR count). The summed E-state index contributed by atoms with van der Waals surface area (Å²) < 4.78 is 34.0. The fourth-order valence-corrected chi connectivity index (χ4v) is 6.52. The number of nitrogens with one attached hydrogen (secondary N) is 1. The van der Waals surface area contributed by atoms with Gasteiger partial charge in [0, 0.05) is 44.0 Å². The highest BCUT2D eigenvalue weighted by Crippen LogP contribution is 2.30. The van der Waals surface area contributed by atoms with Crippen LogP contribution in [0.4, 0.5) is 11.4 Å². The van der Waals surface area contributed by atoms with Gasteiger partial charge in [0.1, 0.15) is 5.75 Å². The molecule has 1 aliphatic heterocycles. The number of hydrogen-bond acceptors (Lipinski definition) is 7. The van der Waals surface area contributed by atoms with E-state index in [4.69, 9.17) is 4.74 Å². The molecule has 1 unspecified atom stereocenters. The number of benzene rings is 4. The first-order chi connectivity index (χ1) is 20.7. The molecule has 0 aliphatic carbocycles. The Hall–Kier alpha value is -4.58. The summed E-state index contributed by atoms with van der Waals surface area (Å²) in [6.45, 7) is 3.42. The normalized spacial score (nSPS) is 15.1. The van der Waals surface area contributed by atoms with Crippen molar-refractivity contribution in [3.8, 4) is 5.75 Å². The maximum atomic E-state index is 13.5. The topological polar surface area (TPSA) is 122 Å². The molecule has 1 heterocycles. The lowest BCUT2D eigenvalue weighted by molar-refractivity contribution is -0.384. The van der Waals surface area contributed by atoms with E-state index in [0.717, 1.165) is 11.1 Å². The van der Waals surface area contributed by atoms with E-state index in [0.29, 0.717) is 37.6 Å². The molecule has 1 atom stereocenters. The Morgan fingerprint density at radius 3 is 1.86 bits per heavy atom. The summed E-state index contributed by atoms with van der Waals surface area (Å²) in [5.74, 6) is -0.134. The van der Waals surface area contributed by atoms with Crippen LogP contribution in [-0.4, -0.2) is 60.7 Å². The van der Waals surface area contributed by atoms with Crippen LogP contribution in [0.2, 0.25) is 0 Å². The molecule has 1 N–H and O–H groups in total. The molecule has 1 fully saturated rings. The number of carbonyl (C=O) groups excluding carboxylic acids is 1. The van der Waals surface area contributed by atoms with Gasteiger partial charge in [0.2, 0.25) is 10.0 Å². The predicted molar refractivity (Wildman–Crippen MR) is 163 cm³/mol. The second-order valence-corrected chi connectivity index (χ2v) is 12.1. The van der Waals surface area contributed by atoms with E-state index in [1.165, 1.54) is 40.7 Å². The van der Waals surface area contributed by atoms with Gasteiger partial charge >= 0.3 is 0 Å². The minimum atomic E-state index is -3.73. The first-order valence-corrected chi connectivity index (χ1v) is 15.3. The van der Waals surface area contributed by atoms with E-state index in [1.54, 1.807) is 19.1 Å². The number of piperazine rings is 1. The molecule has 1 aliphatic rings. The van der Waals surface area contributed by atoms with Gasteiger partial charge in [-0.15, -0.1) is 0 Å². The maximum absolute atomic E-state index is 13.5. The highest BCUT2D eigenvalue weighted by Gasteiger charge is 2.32. The molecule has 4 aromatic rings. The fraction of sp³-hybridized carbons (Fsp3) is 0.219. The summed E-state index contributed by atoms with van der Waals surface area (Å²) in [5, 5.41) is 13.5. The van der Waals surface area contributed by atoms with Crippen LogP contribution < -0.4 is 10.1 Å². The molecular formula is C32H32N4O6S. The average Bonchev–Trinajstić information content (AvgIpc) is 3.03. The standard InChI is InChI=1S/C32H32N4O6S/c1-24(42-29-16-14-28(15-17-29)36(38)39)32(37)33-27-12-18-30(19-13-27)43(40,41)35-22-20-34(21-23-35)31(25-8-4-2-5-9-25)26-10-6-3-7-11-26/h2-19,24,31H,20-23H2,1H3,(H,33,37). The summed E-state index contributed by atoms with van der Waals surface area (Å²) in [7, 11) is -3.73. The number of rotatable bonds is 10. The number of anilines is 1. The summed E-state index contributed by atoms with van der Waals surface area (Å²) in [5.41, 5.74) is 2.66. The van der Waals surface area contributed by atoms with Gasteiger partial charge in [-0.2, -0.15) is 4.31 Å². The monoisotopic (exact) mass is 600 g/mol. The van der Waals surface area contributed by atoms with Gasteiger partial charge in [-0.3, -0.25) is 19.8 Å². The van der Waals surface area contributed by atoms with Crippen LogP contribution in [0.1, 0.15) is 24.1 Å². The molecule has 0 aromatic heterocycles. The predicted octanol–water partition coefficient (Wildman–Crippen LogP) is 5.10. The lowest BCUT2D eigenvalue weighted by Crippen LogP contribution is -2.49. The molecule has 10 nitrogen and oxygen atoms in total. The number of ether oxygens (including phenoxy) is 1. The Kier molecular flexibility index (Phi) is 9.15. The van der Waals surface area contributed by atoms with Crippen LogP contribution in [0.5, 0.6) is 5.75 Å². The SMILES string of the molecule is CC(Oc1ccc([N+](=O)[O-])cc1)C(=O)Nc1ccc(S(=O)(=O)N2CCN(C(c3ccccc3)c3ccccc3)CC2)cc1. The van der Waals surface area contributed by atoms with Gasteiger partial charge in [0.05, 0.1) is 15.9 Å². The lowest BCUT2D eigenvalue weighted by Gasteiger charge is -2.39. The van der Waals surface area contributed by atoms with E-state index < -0.39 is 27.0 Å².